The summed E-state index contributed by atoms with van der Waals surface area (Å²) in [4.78, 5) is 30.6. The first-order valence-electron chi connectivity index (χ1n) is 13.5. The number of aromatic nitrogens is 2. The molecule has 0 radical (unpaired) electrons. The lowest BCUT2D eigenvalue weighted by molar-refractivity contribution is -0.124. The van der Waals surface area contributed by atoms with Gasteiger partial charge in [-0.25, -0.2) is 0 Å². The Kier molecular flexibility index (Phi) is 7.32. The van der Waals surface area contributed by atoms with Gasteiger partial charge in [0.05, 0.1) is 24.1 Å². The second kappa shape index (κ2) is 10.6. The van der Waals surface area contributed by atoms with Crippen LogP contribution < -0.4 is 15.5 Å². The molecule has 1 aliphatic carbocycles. The van der Waals surface area contributed by atoms with Crippen LogP contribution >= 0.6 is 0 Å². The van der Waals surface area contributed by atoms with E-state index in [9.17, 15) is 9.59 Å². The minimum atomic E-state index is 0.0172. The molecule has 3 aliphatic rings. The fourth-order valence-corrected chi connectivity index (χ4v) is 6.02. The zero-order valence-corrected chi connectivity index (χ0v) is 21.9. The van der Waals surface area contributed by atoms with Crippen molar-refractivity contribution in [2.75, 3.05) is 36.9 Å². The van der Waals surface area contributed by atoms with Crippen LogP contribution in [0.15, 0.2) is 24.4 Å². The first kappa shape index (κ1) is 24.8. The van der Waals surface area contributed by atoms with E-state index in [2.05, 4.69) is 52.8 Å². The van der Waals surface area contributed by atoms with Crippen molar-refractivity contribution in [3.8, 4) is 0 Å². The summed E-state index contributed by atoms with van der Waals surface area (Å²) in [6, 6.07) is 6.23. The molecule has 1 aromatic carbocycles. The van der Waals surface area contributed by atoms with Crippen molar-refractivity contribution in [2.45, 2.75) is 58.4 Å². The van der Waals surface area contributed by atoms with Gasteiger partial charge in [-0.3, -0.25) is 14.3 Å². The Morgan fingerprint density at radius 1 is 1.06 bits per heavy atom. The molecule has 194 valence electrons. The van der Waals surface area contributed by atoms with Crippen molar-refractivity contribution in [2.24, 2.45) is 24.8 Å². The Balaban J connectivity index is 1.16. The predicted octanol–water partition coefficient (Wildman–Crippen LogP) is 3.97. The molecule has 2 fully saturated rings. The summed E-state index contributed by atoms with van der Waals surface area (Å²) in [5, 5.41) is 11.1. The van der Waals surface area contributed by atoms with Crippen LogP contribution in [-0.4, -0.2) is 53.2 Å². The standard InChI is InChI=1S/C28H40N6O2/c1-19-4-9-25-24(14-19)31-27-23(17-30-33(27)3)18-34(25)28(36)22-7-5-21(6-8-22)16-29-26(35)15-20-10-12-32(2)13-11-20/h4,9,14,17,20-22,31H,5-8,10-13,15-16,18H2,1-3H3,(H,29,35). The summed E-state index contributed by atoms with van der Waals surface area (Å²) in [5.41, 5.74) is 4.06. The zero-order valence-electron chi connectivity index (χ0n) is 21.9. The van der Waals surface area contributed by atoms with Crippen LogP contribution in [0.5, 0.6) is 0 Å². The van der Waals surface area contributed by atoms with Gasteiger partial charge in [-0.15, -0.1) is 0 Å². The molecule has 5 rings (SSSR count). The third-order valence-corrected chi connectivity index (χ3v) is 8.40. The third kappa shape index (κ3) is 5.43. The Hall–Kier alpha value is -2.87. The van der Waals surface area contributed by atoms with Crippen LogP contribution in [0.1, 0.15) is 56.1 Å². The lowest BCUT2D eigenvalue weighted by Crippen LogP contribution is -2.39. The first-order valence-corrected chi connectivity index (χ1v) is 13.5. The molecule has 2 aliphatic heterocycles. The van der Waals surface area contributed by atoms with Crippen LogP contribution in [0.3, 0.4) is 0 Å². The third-order valence-electron chi connectivity index (χ3n) is 8.40. The van der Waals surface area contributed by atoms with Crippen molar-refractivity contribution < 1.29 is 9.59 Å². The second-order valence-electron chi connectivity index (χ2n) is 11.2. The largest absolute Gasteiger partial charge is 0.356 e. The maximum absolute atomic E-state index is 13.8. The number of likely N-dealkylation sites (tertiary alicyclic amines) is 1. The molecule has 1 saturated heterocycles. The van der Waals surface area contributed by atoms with Crippen molar-refractivity contribution >= 4 is 29.0 Å². The molecule has 8 heteroatoms. The first-order chi connectivity index (χ1) is 17.4. The monoisotopic (exact) mass is 492 g/mol. The van der Waals surface area contributed by atoms with Gasteiger partial charge >= 0.3 is 0 Å². The number of carbonyl (C=O) groups excluding carboxylic acids is 2. The molecule has 2 N–H and O–H groups in total. The molecule has 0 bridgehead atoms. The zero-order chi connectivity index (χ0) is 25.2. The summed E-state index contributed by atoms with van der Waals surface area (Å²) < 4.78 is 1.83. The van der Waals surface area contributed by atoms with Crippen LogP contribution in [0.25, 0.3) is 0 Å². The fraction of sp³-hybridized carbons (Fsp3) is 0.607. The van der Waals surface area contributed by atoms with Gasteiger partial charge in [0.15, 0.2) is 0 Å². The molecule has 0 atom stereocenters. The second-order valence-corrected chi connectivity index (χ2v) is 11.2. The number of nitrogens with one attached hydrogen (secondary N) is 2. The summed E-state index contributed by atoms with van der Waals surface area (Å²) in [6.45, 7) is 5.51. The normalized spacial score (nSPS) is 22.8. The number of carbonyl (C=O) groups is 2. The van der Waals surface area contributed by atoms with E-state index >= 15 is 0 Å². The molecule has 36 heavy (non-hydrogen) atoms. The number of hydrogen-bond acceptors (Lipinski definition) is 5. The molecular weight excluding hydrogens is 452 g/mol. The molecular formula is C28H40N6O2. The fourth-order valence-electron chi connectivity index (χ4n) is 6.02. The molecule has 2 aromatic rings. The number of fused-ring (bicyclic) bond motifs is 2. The molecule has 8 nitrogen and oxygen atoms in total. The van der Waals surface area contributed by atoms with Gasteiger partial charge in [-0.05, 0) is 95.1 Å². The minimum Gasteiger partial charge on any atom is -0.356 e. The lowest BCUT2D eigenvalue weighted by Gasteiger charge is -2.32. The minimum absolute atomic E-state index is 0.0172. The van der Waals surface area contributed by atoms with Gasteiger partial charge in [-0.1, -0.05) is 6.07 Å². The van der Waals surface area contributed by atoms with E-state index in [-0.39, 0.29) is 17.7 Å². The van der Waals surface area contributed by atoms with Crippen molar-refractivity contribution in [3.05, 3.63) is 35.5 Å². The van der Waals surface area contributed by atoms with Crippen molar-refractivity contribution in [3.63, 3.8) is 0 Å². The number of rotatable bonds is 5. The van der Waals surface area contributed by atoms with Crippen molar-refractivity contribution in [1.82, 2.24) is 20.0 Å². The summed E-state index contributed by atoms with van der Waals surface area (Å²) in [5.74, 6) is 2.33. The molecule has 1 aromatic heterocycles. The highest BCUT2D eigenvalue weighted by Crippen LogP contribution is 2.39. The topological polar surface area (TPSA) is 82.5 Å². The lowest BCUT2D eigenvalue weighted by atomic mass is 9.81. The number of piperidine rings is 1. The highest BCUT2D eigenvalue weighted by molar-refractivity contribution is 5.99. The van der Waals surface area contributed by atoms with E-state index in [1.165, 1.54) is 0 Å². The Morgan fingerprint density at radius 3 is 2.56 bits per heavy atom. The van der Waals surface area contributed by atoms with Gasteiger partial charge < -0.3 is 20.4 Å². The number of hydrogen-bond donors (Lipinski definition) is 2. The molecule has 0 spiro atoms. The number of benzene rings is 1. The van der Waals surface area contributed by atoms with E-state index in [4.69, 9.17) is 0 Å². The average Bonchev–Trinajstić information content (AvgIpc) is 3.12. The number of nitrogens with zero attached hydrogens (tertiary/aromatic N) is 4. The van der Waals surface area contributed by atoms with E-state index in [0.29, 0.717) is 24.8 Å². The van der Waals surface area contributed by atoms with E-state index < -0.39 is 0 Å². The average molecular weight is 493 g/mol. The summed E-state index contributed by atoms with van der Waals surface area (Å²) >= 11 is 0. The van der Waals surface area contributed by atoms with Gasteiger partial charge in [-0.2, -0.15) is 5.10 Å². The number of amides is 2. The number of aryl methyl sites for hydroxylation is 2. The van der Waals surface area contributed by atoms with Crippen molar-refractivity contribution in [1.29, 1.82) is 0 Å². The van der Waals surface area contributed by atoms with Crippen LogP contribution in [-0.2, 0) is 23.2 Å². The molecule has 3 heterocycles. The summed E-state index contributed by atoms with van der Waals surface area (Å²) in [6.07, 6.45) is 8.45. The van der Waals surface area contributed by atoms with Gasteiger partial charge in [0, 0.05) is 31.5 Å². The Bertz CT molecular complexity index is 1100. The van der Waals surface area contributed by atoms with Gasteiger partial charge in [0.25, 0.3) is 0 Å². The van der Waals surface area contributed by atoms with Crippen LogP contribution in [0.4, 0.5) is 17.2 Å². The van der Waals surface area contributed by atoms with E-state index in [1.54, 1.807) is 0 Å². The highest BCUT2D eigenvalue weighted by Gasteiger charge is 2.33. The Morgan fingerprint density at radius 2 is 1.81 bits per heavy atom. The SMILES string of the molecule is Cc1ccc2c(c1)Nc1c(cnn1C)CN2C(=O)C1CCC(CNC(=O)CC2CCN(C)CC2)CC1. The Labute approximate surface area is 214 Å². The van der Waals surface area contributed by atoms with Gasteiger partial charge in [0.1, 0.15) is 5.82 Å². The van der Waals surface area contributed by atoms with E-state index in [1.807, 2.05) is 22.8 Å². The van der Waals surface area contributed by atoms with E-state index in [0.717, 1.165) is 86.5 Å². The maximum atomic E-state index is 13.8. The molecule has 1 saturated carbocycles. The smallest absolute Gasteiger partial charge is 0.230 e. The van der Waals surface area contributed by atoms with Crippen LogP contribution in [0.2, 0.25) is 0 Å². The van der Waals surface area contributed by atoms with Gasteiger partial charge in [0.2, 0.25) is 11.8 Å². The highest BCUT2D eigenvalue weighted by atomic mass is 16.2. The number of anilines is 3. The molecule has 2 amide bonds. The maximum Gasteiger partial charge on any atom is 0.230 e. The molecule has 0 unspecified atom stereocenters. The van der Waals surface area contributed by atoms with Crippen LogP contribution in [0, 0.1) is 24.7 Å². The quantitative estimate of drug-likeness (QED) is 0.660. The summed E-state index contributed by atoms with van der Waals surface area (Å²) in [7, 11) is 4.07. The predicted molar refractivity (Wildman–Crippen MR) is 142 cm³/mol.